The molecule has 33 heavy (non-hydrogen) atoms. The minimum absolute atomic E-state index is 0.108. The summed E-state index contributed by atoms with van der Waals surface area (Å²) in [6, 6.07) is 6.21. The third-order valence-corrected chi connectivity index (χ3v) is 6.88. The van der Waals surface area contributed by atoms with E-state index in [0.717, 1.165) is 43.5 Å². The van der Waals surface area contributed by atoms with Crippen LogP contribution in [-0.2, 0) is 11.0 Å². The van der Waals surface area contributed by atoms with E-state index in [1.807, 2.05) is 13.8 Å². The molecule has 1 amide bonds. The fraction of sp³-hybridized carbons (Fsp3) is 0.458. The van der Waals surface area contributed by atoms with Crippen LogP contribution in [0.1, 0.15) is 62.4 Å². The number of hydrogen-bond acceptors (Lipinski definition) is 4. The van der Waals surface area contributed by atoms with E-state index in [2.05, 4.69) is 11.9 Å². The number of nitrogens with zero attached hydrogens (tertiary/aromatic N) is 2. The molecule has 3 rings (SSSR count). The molecule has 1 aliphatic rings. The van der Waals surface area contributed by atoms with Crippen molar-refractivity contribution < 1.29 is 27.9 Å². The first-order valence-corrected chi connectivity index (χ1v) is 11.7. The molecule has 1 heterocycles. The molecule has 9 heteroatoms. The van der Waals surface area contributed by atoms with Crippen molar-refractivity contribution in [2.24, 2.45) is 11.8 Å². The molecule has 0 bridgehead atoms. The minimum atomic E-state index is -4.58. The van der Waals surface area contributed by atoms with Crippen molar-refractivity contribution in [1.82, 2.24) is 4.98 Å². The van der Waals surface area contributed by atoms with Gasteiger partial charge in [-0.2, -0.15) is 13.2 Å². The Morgan fingerprint density at radius 3 is 2.39 bits per heavy atom. The molecule has 2 aromatic rings. The second-order valence-corrected chi connectivity index (χ2v) is 9.76. The van der Waals surface area contributed by atoms with Gasteiger partial charge in [-0.05, 0) is 75.8 Å². The highest BCUT2D eigenvalue weighted by atomic mass is 32.2. The number of aromatic nitrogens is 1. The quantitative estimate of drug-likeness (QED) is 0.510. The summed E-state index contributed by atoms with van der Waals surface area (Å²) in [4.78, 5) is 31.1. The molecule has 1 aliphatic carbocycles. The zero-order chi connectivity index (χ0) is 24.3. The molecule has 0 unspecified atom stereocenters. The Morgan fingerprint density at radius 1 is 1.15 bits per heavy atom. The van der Waals surface area contributed by atoms with Crippen molar-refractivity contribution in [1.29, 1.82) is 0 Å². The topological polar surface area (TPSA) is 70.5 Å². The van der Waals surface area contributed by atoms with Crippen LogP contribution in [0.3, 0.4) is 0 Å². The van der Waals surface area contributed by atoms with Crippen LogP contribution in [0.5, 0.6) is 0 Å². The third-order valence-electron chi connectivity index (χ3n) is 5.87. The van der Waals surface area contributed by atoms with E-state index in [9.17, 15) is 27.9 Å². The number of carbonyl (C=O) groups is 2. The molecule has 178 valence electrons. The van der Waals surface area contributed by atoms with E-state index in [1.165, 1.54) is 35.4 Å². The van der Waals surface area contributed by atoms with E-state index in [0.29, 0.717) is 10.8 Å². The Kier molecular flexibility index (Phi) is 7.72. The Hall–Kier alpha value is -2.55. The van der Waals surface area contributed by atoms with Crippen LogP contribution in [-0.4, -0.2) is 28.0 Å². The molecule has 1 aromatic carbocycles. The lowest BCUT2D eigenvalue weighted by molar-refractivity contribution is -0.140. The van der Waals surface area contributed by atoms with Gasteiger partial charge < -0.3 is 10.0 Å². The van der Waals surface area contributed by atoms with Crippen molar-refractivity contribution in [3.63, 3.8) is 0 Å². The molecule has 1 aromatic heterocycles. The van der Waals surface area contributed by atoms with E-state index in [4.69, 9.17) is 0 Å². The van der Waals surface area contributed by atoms with Gasteiger partial charge in [-0.25, -0.2) is 9.78 Å². The number of pyridine rings is 1. The van der Waals surface area contributed by atoms with Gasteiger partial charge in [0, 0.05) is 23.1 Å². The van der Waals surface area contributed by atoms with Crippen LogP contribution in [0.15, 0.2) is 46.5 Å². The molecule has 0 spiro atoms. The van der Waals surface area contributed by atoms with Gasteiger partial charge in [-0.1, -0.05) is 18.7 Å². The average Bonchev–Trinajstić information content (AvgIpc) is 2.74. The monoisotopic (exact) mass is 480 g/mol. The average molecular weight is 481 g/mol. The zero-order valence-electron chi connectivity index (χ0n) is 18.7. The fourth-order valence-electron chi connectivity index (χ4n) is 4.11. The molecule has 1 saturated carbocycles. The maximum atomic E-state index is 13.3. The maximum Gasteiger partial charge on any atom is 0.419 e. The highest BCUT2D eigenvalue weighted by Crippen LogP contribution is 2.40. The number of carboxylic acid groups (broad SMARTS) is 1. The molecule has 1 N–H and O–H groups in total. The lowest BCUT2D eigenvalue weighted by Crippen LogP contribution is -2.42. The van der Waals surface area contributed by atoms with Crippen molar-refractivity contribution in [2.75, 3.05) is 4.90 Å². The van der Waals surface area contributed by atoms with Gasteiger partial charge in [0.1, 0.15) is 5.03 Å². The predicted octanol–water partition coefficient (Wildman–Crippen LogP) is 6.52. The number of alkyl halides is 3. The summed E-state index contributed by atoms with van der Waals surface area (Å²) in [5, 5.41) is 9.59. The number of rotatable bonds is 6. The SMILES string of the molecule is CC(C)N(c1ccc(Sc2ncccc2C(F)(F)F)cc1C(=O)O)C(=O)[C@H]1CC[C@H](C)CC1. The standard InChI is InChI=1S/C24H27F3N2O3S/c1-14(2)29(22(30)16-8-6-15(3)7-9-16)20-11-10-17(13-18(20)23(31)32)33-21-19(24(25,26)27)5-4-12-28-21/h4-5,10-16H,6-9H2,1-3H3,(H,31,32)/t15-,16-. The maximum absolute atomic E-state index is 13.3. The molecule has 0 atom stereocenters. The van der Waals surface area contributed by atoms with Crippen molar-refractivity contribution >= 4 is 29.3 Å². The molecular weight excluding hydrogens is 453 g/mol. The predicted molar refractivity (Wildman–Crippen MR) is 121 cm³/mol. The minimum Gasteiger partial charge on any atom is -0.478 e. The summed E-state index contributed by atoms with van der Waals surface area (Å²) in [6.45, 7) is 5.80. The zero-order valence-corrected chi connectivity index (χ0v) is 19.5. The molecule has 0 aliphatic heterocycles. The second kappa shape index (κ2) is 10.2. The molecular formula is C24H27F3N2O3S. The first kappa shape index (κ1) is 25.1. The van der Waals surface area contributed by atoms with Crippen molar-refractivity contribution in [3.05, 3.63) is 47.7 Å². The number of halogens is 3. The van der Waals surface area contributed by atoms with Gasteiger partial charge in [0.15, 0.2) is 0 Å². The summed E-state index contributed by atoms with van der Waals surface area (Å²) >= 11 is 0.740. The first-order valence-electron chi connectivity index (χ1n) is 10.9. The van der Waals surface area contributed by atoms with Gasteiger partial charge in [-0.3, -0.25) is 4.79 Å². The van der Waals surface area contributed by atoms with Gasteiger partial charge >= 0.3 is 12.1 Å². The van der Waals surface area contributed by atoms with Gasteiger partial charge in [-0.15, -0.1) is 0 Å². The Balaban J connectivity index is 1.95. The molecule has 0 saturated heterocycles. The number of anilines is 1. The Morgan fingerprint density at radius 2 is 1.82 bits per heavy atom. The highest BCUT2D eigenvalue weighted by Gasteiger charge is 2.35. The van der Waals surface area contributed by atoms with Gasteiger partial charge in [0.25, 0.3) is 0 Å². The number of carboxylic acids is 1. The summed E-state index contributed by atoms with van der Waals surface area (Å²) in [5.41, 5.74) is -0.764. The first-order chi connectivity index (χ1) is 15.5. The van der Waals surface area contributed by atoms with E-state index < -0.39 is 17.7 Å². The van der Waals surface area contributed by atoms with E-state index in [1.54, 1.807) is 0 Å². The number of carbonyl (C=O) groups excluding carboxylic acids is 1. The Bertz CT molecular complexity index is 1020. The number of aromatic carboxylic acids is 1. The van der Waals surface area contributed by atoms with Gasteiger partial charge in [0.05, 0.1) is 16.8 Å². The Labute approximate surface area is 195 Å². The van der Waals surface area contributed by atoms with Gasteiger partial charge in [0.2, 0.25) is 5.91 Å². The third kappa shape index (κ3) is 5.88. The summed E-state index contributed by atoms with van der Waals surface area (Å²) < 4.78 is 39.9. The second-order valence-electron chi connectivity index (χ2n) is 8.70. The van der Waals surface area contributed by atoms with E-state index in [-0.39, 0.29) is 34.1 Å². The molecule has 0 radical (unpaired) electrons. The van der Waals surface area contributed by atoms with Crippen LogP contribution in [0.4, 0.5) is 18.9 Å². The smallest absolute Gasteiger partial charge is 0.419 e. The summed E-state index contributed by atoms with van der Waals surface area (Å²) in [5.74, 6) is -0.952. The summed E-state index contributed by atoms with van der Waals surface area (Å²) in [6.07, 6.45) is 0.113. The lowest BCUT2D eigenvalue weighted by atomic mass is 9.82. The highest BCUT2D eigenvalue weighted by molar-refractivity contribution is 7.99. The number of amides is 1. The van der Waals surface area contributed by atoms with Crippen LogP contribution >= 0.6 is 11.8 Å². The van der Waals surface area contributed by atoms with Crippen LogP contribution in [0, 0.1) is 11.8 Å². The molecule has 5 nitrogen and oxygen atoms in total. The lowest BCUT2D eigenvalue weighted by Gasteiger charge is -2.34. The fourth-order valence-corrected chi connectivity index (χ4v) is 5.06. The van der Waals surface area contributed by atoms with Crippen molar-refractivity contribution in [3.8, 4) is 0 Å². The molecule has 1 fully saturated rings. The van der Waals surface area contributed by atoms with Crippen LogP contribution in [0.2, 0.25) is 0 Å². The van der Waals surface area contributed by atoms with Crippen LogP contribution in [0.25, 0.3) is 0 Å². The van der Waals surface area contributed by atoms with E-state index >= 15 is 0 Å². The number of benzene rings is 1. The normalized spacial score (nSPS) is 18.9. The largest absolute Gasteiger partial charge is 0.478 e. The number of hydrogen-bond donors (Lipinski definition) is 1. The summed E-state index contributed by atoms with van der Waals surface area (Å²) in [7, 11) is 0. The van der Waals surface area contributed by atoms with Crippen LogP contribution < -0.4 is 4.90 Å². The van der Waals surface area contributed by atoms with Crippen molar-refractivity contribution in [2.45, 2.75) is 68.6 Å².